The molecule has 1 unspecified atom stereocenters. The second kappa shape index (κ2) is 6.21. The van der Waals surface area contributed by atoms with Crippen molar-refractivity contribution < 1.29 is 13.2 Å². The molecule has 3 N–H and O–H groups in total. The van der Waals surface area contributed by atoms with Crippen molar-refractivity contribution in [3.05, 3.63) is 50.4 Å². The minimum atomic E-state index is -4.38. The van der Waals surface area contributed by atoms with Gasteiger partial charge in [0.15, 0.2) is 0 Å². The molecule has 2 aromatic heterocycles. The molecule has 0 radical (unpaired) electrons. The van der Waals surface area contributed by atoms with Gasteiger partial charge in [0.1, 0.15) is 0 Å². The lowest BCUT2D eigenvalue weighted by Crippen LogP contribution is -2.30. The maximum Gasteiger partial charge on any atom is 0.417 e. The number of hydrogen-bond donors (Lipinski definition) is 2. The van der Waals surface area contributed by atoms with Crippen molar-refractivity contribution >= 4 is 27.3 Å². The number of halogens is 4. The van der Waals surface area contributed by atoms with Crippen molar-refractivity contribution in [1.29, 1.82) is 0 Å². The van der Waals surface area contributed by atoms with Gasteiger partial charge in [0.25, 0.3) is 0 Å². The predicted molar refractivity (Wildman–Crippen MR) is 75.0 cm³/mol. The van der Waals surface area contributed by atoms with Crippen LogP contribution >= 0.6 is 27.3 Å². The zero-order chi connectivity index (χ0) is 14.8. The molecule has 108 valence electrons. The van der Waals surface area contributed by atoms with E-state index in [0.717, 1.165) is 20.9 Å². The summed E-state index contributed by atoms with van der Waals surface area (Å²) in [6, 6.07) is 5.87. The molecular formula is C12H11BrF3N3S. The van der Waals surface area contributed by atoms with Crippen molar-refractivity contribution in [2.75, 3.05) is 0 Å². The Morgan fingerprint density at radius 1 is 1.30 bits per heavy atom. The topological polar surface area (TPSA) is 50.9 Å². The number of nitrogens with one attached hydrogen (secondary N) is 1. The van der Waals surface area contributed by atoms with E-state index in [-0.39, 0.29) is 6.04 Å². The van der Waals surface area contributed by atoms with E-state index in [1.807, 2.05) is 12.1 Å². The molecule has 0 aliphatic carbocycles. The summed E-state index contributed by atoms with van der Waals surface area (Å²) in [5.41, 5.74) is 2.29. The summed E-state index contributed by atoms with van der Waals surface area (Å²) in [5.74, 6) is 5.46. The fourth-order valence-corrected chi connectivity index (χ4v) is 3.22. The molecular weight excluding hydrogens is 355 g/mol. The Kier molecular flexibility index (Phi) is 4.79. The highest BCUT2D eigenvalue weighted by atomic mass is 79.9. The van der Waals surface area contributed by atoms with Crippen LogP contribution < -0.4 is 11.3 Å². The van der Waals surface area contributed by atoms with Gasteiger partial charge >= 0.3 is 6.18 Å². The summed E-state index contributed by atoms with van der Waals surface area (Å²) >= 11 is 4.90. The van der Waals surface area contributed by atoms with E-state index in [1.165, 1.54) is 6.07 Å². The van der Waals surface area contributed by atoms with Crippen molar-refractivity contribution in [2.24, 2.45) is 5.84 Å². The Bertz CT molecular complexity index is 568. The molecule has 1 atom stereocenters. The number of rotatable bonds is 4. The van der Waals surface area contributed by atoms with Gasteiger partial charge in [-0.05, 0) is 40.2 Å². The molecule has 0 saturated heterocycles. The Hall–Kier alpha value is -0.960. The lowest BCUT2D eigenvalue weighted by atomic mass is 10.1. The summed E-state index contributed by atoms with van der Waals surface area (Å²) in [6.45, 7) is 0. The molecule has 0 saturated carbocycles. The monoisotopic (exact) mass is 365 g/mol. The van der Waals surface area contributed by atoms with E-state index < -0.39 is 11.7 Å². The molecule has 2 rings (SSSR count). The number of nitrogens with zero attached hydrogens (tertiary/aromatic N) is 1. The molecule has 0 bridgehead atoms. The molecule has 0 fully saturated rings. The quantitative estimate of drug-likeness (QED) is 0.641. The van der Waals surface area contributed by atoms with Gasteiger partial charge in [-0.3, -0.25) is 16.3 Å². The normalized spacial score (nSPS) is 13.4. The smallest absolute Gasteiger partial charge is 0.271 e. The highest BCUT2D eigenvalue weighted by Gasteiger charge is 2.31. The zero-order valence-corrected chi connectivity index (χ0v) is 12.5. The van der Waals surface area contributed by atoms with Gasteiger partial charge in [0.2, 0.25) is 0 Å². The van der Waals surface area contributed by atoms with Crippen LogP contribution in [0.1, 0.15) is 22.2 Å². The fourth-order valence-electron chi connectivity index (χ4n) is 1.69. The third kappa shape index (κ3) is 3.78. The molecule has 2 heterocycles. The van der Waals surface area contributed by atoms with Gasteiger partial charge in [0.05, 0.1) is 21.1 Å². The molecule has 0 spiro atoms. The van der Waals surface area contributed by atoms with Gasteiger partial charge in [-0.25, -0.2) is 0 Å². The van der Waals surface area contributed by atoms with Gasteiger partial charge in [-0.1, -0.05) is 0 Å². The minimum absolute atomic E-state index is 0.331. The molecule has 8 heteroatoms. The summed E-state index contributed by atoms with van der Waals surface area (Å²) < 4.78 is 38.4. The standard InChI is InChI=1S/C12H11BrF3N3S/c13-11-4-2-8(20-11)5-10(19-17)9-3-1-7(6-18-9)12(14,15)16/h1-4,6,10,19H,5,17H2. The number of alkyl halides is 3. The third-order valence-electron chi connectivity index (χ3n) is 2.71. The van der Waals surface area contributed by atoms with E-state index in [2.05, 4.69) is 26.3 Å². The molecule has 0 aromatic carbocycles. The van der Waals surface area contributed by atoms with Crippen LogP contribution in [0.15, 0.2) is 34.2 Å². The van der Waals surface area contributed by atoms with Crippen LogP contribution in [0.4, 0.5) is 13.2 Å². The molecule has 0 aliphatic rings. The van der Waals surface area contributed by atoms with Crippen LogP contribution in [-0.2, 0) is 12.6 Å². The number of nitrogens with two attached hydrogens (primary N) is 1. The second-order valence-electron chi connectivity index (χ2n) is 4.10. The maximum atomic E-state index is 12.5. The van der Waals surface area contributed by atoms with Gasteiger partial charge in [-0.15, -0.1) is 11.3 Å². The number of aromatic nitrogens is 1. The second-order valence-corrected chi connectivity index (χ2v) is 6.65. The summed E-state index contributed by atoms with van der Waals surface area (Å²) in [6.07, 6.45) is -3.00. The number of hydrazine groups is 1. The van der Waals surface area contributed by atoms with E-state index in [0.29, 0.717) is 12.1 Å². The first kappa shape index (κ1) is 15.4. The summed E-state index contributed by atoms with van der Waals surface area (Å²) in [5, 5.41) is 0. The molecule has 0 aliphatic heterocycles. The third-order valence-corrected chi connectivity index (χ3v) is 4.35. The Labute approximate surface area is 126 Å². The molecule has 20 heavy (non-hydrogen) atoms. The van der Waals surface area contributed by atoms with Gasteiger partial charge in [-0.2, -0.15) is 13.2 Å². The van der Waals surface area contributed by atoms with Crippen LogP contribution in [0, 0.1) is 0 Å². The Morgan fingerprint density at radius 2 is 2.05 bits per heavy atom. The number of pyridine rings is 1. The summed E-state index contributed by atoms with van der Waals surface area (Å²) in [4.78, 5) is 4.91. The number of thiophene rings is 1. The van der Waals surface area contributed by atoms with Gasteiger partial charge < -0.3 is 0 Å². The van der Waals surface area contributed by atoms with Crippen LogP contribution in [0.25, 0.3) is 0 Å². The average Bonchev–Trinajstić information content (AvgIpc) is 2.81. The maximum absolute atomic E-state index is 12.5. The van der Waals surface area contributed by atoms with E-state index in [4.69, 9.17) is 5.84 Å². The Balaban J connectivity index is 2.15. The van der Waals surface area contributed by atoms with Crippen LogP contribution in [0.3, 0.4) is 0 Å². The average molecular weight is 366 g/mol. The van der Waals surface area contributed by atoms with Crippen molar-refractivity contribution in [1.82, 2.24) is 10.4 Å². The van der Waals surface area contributed by atoms with Crippen molar-refractivity contribution in [3.8, 4) is 0 Å². The first-order valence-electron chi connectivity index (χ1n) is 5.63. The SMILES string of the molecule is NNC(Cc1ccc(Br)s1)c1ccc(C(F)(F)F)cn1. The lowest BCUT2D eigenvalue weighted by Gasteiger charge is -2.15. The largest absolute Gasteiger partial charge is 0.417 e. The van der Waals surface area contributed by atoms with Crippen molar-refractivity contribution in [2.45, 2.75) is 18.6 Å². The zero-order valence-electron chi connectivity index (χ0n) is 10.1. The first-order chi connectivity index (χ1) is 9.40. The summed E-state index contributed by atoms with van der Waals surface area (Å²) in [7, 11) is 0. The Morgan fingerprint density at radius 3 is 2.50 bits per heavy atom. The van der Waals surface area contributed by atoms with Gasteiger partial charge in [0, 0.05) is 17.5 Å². The van der Waals surface area contributed by atoms with Crippen molar-refractivity contribution in [3.63, 3.8) is 0 Å². The molecule has 2 aromatic rings. The molecule has 0 amide bonds. The van der Waals surface area contributed by atoms with Crippen LogP contribution in [0.2, 0.25) is 0 Å². The number of hydrogen-bond acceptors (Lipinski definition) is 4. The van der Waals surface area contributed by atoms with E-state index in [9.17, 15) is 13.2 Å². The predicted octanol–water partition coefficient (Wildman–Crippen LogP) is 3.67. The van der Waals surface area contributed by atoms with E-state index in [1.54, 1.807) is 11.3 Å². The highest BCUT2D eigenvalue weighted by molar-refractivity contribution is 9.11. The van der Waals surface area contributed by atoms with Crippen LogP contribution in [0.5, 0.6) is 0 Å². The molecule has 3 nitrogen and oxygen atoms in total. The first-order valence-corrected chi connectivity index (χ1v) is 7.24. The van der Waals surface area contributed by atoms with Crippen LogP contribution in [-0.4, -0.2) is 4.98 Å². The highest BCUT2D eigenvalue weighted by Crippen LogP contribution is 2.30. The lowest BCUT2D eigenvalue weighted by molar-refractivity contribution is -0.137. The van der Waals surface area contributed by atoms with E-state index >= 15 is 0 Å². The fraction of sp³-hybridized carbons (Fsp3) is 0.250. The minimum Gasteiger partial charge on any atom is -0.271 e.